The third-order valence-corrected chi connectivity index (χ3v) is 4.55. The standard InChI is InChI=1S/C15H14BrNOS/c16-13-8-4-5-9-14(13)19-11-10-17-15(18)12-6-2-1-3-7-12/h1-9H,10-11H2,(H,17,18). The highest BCUT2D eigenvalue weighted by Crippen LogP contribution is 2.26. The molecule has 0 atom stereocenters. The average molecular weight is 336 g/mol. The number of rotatable bonds is 5. The van der Waals surface area contributed by atoms with Crippen LogP contribution in [-0.2, 0) is 0 Å². The second-order valence-electron chi connectivity index (χ2n) is 3.90. The van der Waals surface area contributed by atoms with Crippen LogP contribution in [0.25, 0.3) is 0 Å². The number of halogens is 1. The summed E-state index contributed by atoms with van der Waals surface area (Å²) in [5.74, 6) is 0.828. The Bertz CT molecular complexity index is 545. The lowest BCUT2D eigenvalue weighted by atomic mass is 10.2. The van der Waals surface area contributed by atoms with Crippen molar-refractivity contribution >= 4 is 33.6 Å². The molecule has 2 nitrogen and oxygen atoms in total. The van der Waals surface area contributed by atoms with Crippen LogP contribution in [-0.4, -0.2) is 18.2 Å². The van der Waals surface area contributed by atoms with Crippen LogP contribution in [0.5, 0.6) is 0 Å². The summed E-state index contributed by atoms with van der Waals surface area (Å²) in [7, 11) is 0. The molecular weight excluding hydrogens is 322 g/mol. The van der Waals surface area contributed by atoms with E-state index in [9.17, 15) is 4.79 Å². The maximum Gasteiger partial charge on any atom is 0.251 e. The first kappa shape index (κ1) is 14.2. The third-order valence-electron chi connectivity index (χ3n) is 2.52. The fraction of sp³-hybridized carbons (Fsp3) is 0.133. The molecule has 0 heterocycles. The van der Waals surface area contributed by atoms with Gasteiger partial charge in [-0.25, -0.2) is 0 Å². The summed E-state index contributed by atoms with van der Waals surface area (Å²) in [6, 6.07) is 17.3. The van der Waals surface area contributed by atoms with Crippen molar-refractivity contribution in [2.45, 2.75) is 4.90 Å². The Labute approximate surface area is 125 Å². The minimum atomic E-state index is -0.0201. The summed E-state index contributed by atoms with van der Waals surface area (Å²) in [5, 5.41) is 2.91. The topological polar surface area (TPSA) is 29.1 Å². The maximum absolute atomic E-state index is 11.8. The average Bonchev–Trinajstić information content (AvgIpc) is 2.46. The number of benzene rings is 2. The van der Waals surface area contributed by atoms with Gasteiger partial charge in [-0.15, -0.1) is 11.8 Å². The highest BCUT2D eigenvalue weighted by atomic mass is 79.9. The molecule has 4 heteroatoms. The van der Waals surface area contributed by atoms with E-state index in [-0.39, 0.29) is 5.91 Å². The Kier molecular flexibility index (Phi) is 5.48. The lowest BCUT2D eigenvalue weighted by Gasteiger charge is -2.06. The summed E-state index contributed by atoms with van der Waals surface area (Å²) >= 11 is 5.23. The Morgan fingerprint density at radius 1 is 1.05 bits per heavy atom. The molecule has 0 spiro atoms. The van der Waals surface area contributed by atoms with Crippen LogP contribution in [0, 0.1) is 0 Å². The van der Waals surface area contributed by atoms with Crippen molar-refractivity contribution in [1.82, 2.24) is 5.32 Å². The molecule has 2 rings (SSSR count). The number of amides is 1. The van der Waals surface area contributed by atoms with Crippen molar-refractivity contribution in [2.75, 3.05) is 12.3 Å². The summed E-state index contributed by atoms with van der Waals surface area (Å²) in [6.07, 6.45) is 0. The summed E-state index contributed by atoms with van der Waals surface area (Å²) < 4.78 is 1.09. The van der Waals surface area contributed by atoms with E-state index in [0.29, 0.717) is 12.1 Å². The Morgan fingerprint density at radius 2 is 1.74 bits per heavy atom. The molecule has 2 aromatic carbocycles. The van der Waals surface area contributed by atoms with Gasteiger partial charge in [-0.1, -0.05) is 30.3 Å². The molecule has 0 saturated carbocycles. The van der Waals surface area contributed by atoms with Crippen LogP contribution in [0.1, 0.15) is 10.4 Å². The van der Waals surface area contributed by atoms with Crippen LogP contribution >= 0.6 is 27.7 Å². The highest BCUT2D eigenvalue weighted by molar-refractivity contribution is 9.10. The fourth-order valence-corrected chi connectivity index (χ4v) is 3.01. The van der Waals surface area contributed by atoms with Gasteiger partial charge >= 0.3 is 0 Å². The van der Waals surface area contributed by atoms with Crippen LogP contribution < -0.4 is 5.32 Å². The quantitative estimate of drug-likeness (QED) is 0.661. The summed E-state index contributed by atoms with van der Waals surface area (Å²) in [5.41, 5.74) is 0.702. The predicted molar refractivity (Wildman–Crippen MR) is 83.6 cm³/mol. The van der Waals surface area contributed by atoms with Gasteiger partial charge in [0.1, 0.15) is 0 Å². The van der Waals surface area contributed by atoms with Crippen LogP contribution in [0.2, 0.25) is 0 Å². The lowest BCUT2D eigenvalue weighted by Crippen LogP contribution is -2.25. The monoisotopic (exact) mass is 335 g/mol. The number of carbonyl (C=O) groups excluding carboxylic acids is 1. The number of hydrogen-bond acceptors (Lipinski definition) is 2. The zero-order valence-corrected chi connectivity index (χ0v) is 12.7. The first-order chi connectivity index (χ1) is 9.27. The molecule has 0 fully saturated rings. The van der Waals surface area contributed by atoms with Crippen molar-refractivity contribution < 1.29 is 4.79 Å². The van der Waals surface area contributed by atoms with Crippen molar-refractivity contribution in [3.8, 4) is 0 Å². The number of thioether (sulfide) groups is 1. The van der Waals surface area contributed by atoms with Gasteiger partial charge in [0, 0.05) is 27.2 Å². The van der Waals surface area contributed by atoms with Crippen molar-refractivity contribution in [3.05, 3.63) is 64.6 Å². The van der Waals surface area contributed by atoms with Crippen LogP contribution in [0.4, 0.5) is 0 Å². The van der Waals surface area contributed by atoms with E-state index in [1.807, 2.05) is 48.5 Å². The van der Waals surface area contributed by atoms with Crippen molar-refractivity contribution in [3.63, 3.8) is 0 Å². The molecule has 0 radical (unpaired) electrons. The zero-order chi connectivity index (χ0) is 13.5. The van der Waals surface area contributed by atoms with Crippen LogP contribution in [0.3, 0.4) is 0 Å². The van der Waals surface area contributed by atoms with Gasteiger partial charge in [0.15, 0.2) is 0 Å². The number of carbonyl (C=O) groups is 1. The second kappa shape index (κ2) is 7.36. The van der Waals surface area contributed by atoms with Gasteiger partial charge < -0.3 is 5.32 Å². The predicted octanol–water partition coefficient (Wildman–Crippen LogP) is 3.97. The third kappa shape index (κ3) is 4.40. The number of nitrogens with one attached hydrogen (secondary N) is 1. The smallest absolute Gasteiger partial charge is 0.251 e. The first-order valence-corrected chi connectivity index (χ1v) is 7.76. The van der Waals surface area contributed by atoms with E-state index in [2.05, 4.69) is 27.3 Å². The molecule has 0 aromatic heterocycles. The molecule has 0 aliphatic rings. The first-order valence-electron chi connectivity index (χ1n) is 5.98. The minimum Gasteiger partial charge on any atom is -0.351 e. The van der Waals surface area contributed by atoms with Gasteiger partial charge in [0.2, 0.25) is 0 Å². The van der Waals surface area contributed by atoms with Gasteiger partial charge in [-0.05, 0) is 40.2 Å². The molecule has 0 aliphatic carbocycles. The van der Waals surface area contributed by atoms with Gasteiger partial charge in [-0.3, -0.25) is 4.79 Å². The van der Waals surface area contributed by atoms with Crippen LogP contribution in [0.15, 0.2) is 64.0 Å². The second-order valence-corrected chi connectivity index (χ2v) is 5.89. The van der Waals surface area contributed by atoms with Gasteiger partial charge in [0.25, 0.3) is 5.91 Å². The van der Waals surface area contributed by atoms with E-state index in [4.69, 9.17) is 0 Å². The molecule has 19 heavy (non-hydrogen) atoms. The zero-order valence-electron chi connectivity index (χ0n) is 10.3. The Balaban J connectivity index is 1.76. The molecule has 0 unspecified atom stereocenters. The van der Waals surface area contributed by atoms with Gasteiger partial charge in [-0.2, -0.15) is 0 Å². The normalized spacial score (nSPS) is 10.2. The molecular formula is C15H14BrNOS. The minimum absolute atomic E-state index is 0.0201. The molecule has 0 bridgehead atoms. The largest absolute Gasteiger partial charge is 0.351 e. The SMILES string of the molecule is O=C(NCCSc1ccccc1Br)c1ccccc1. The Hall–Kier alpha value is -1.26. The van der Waals surface area contributed by atoms with Gasteiger partial charge in [0.05, 0.1) is 0 Å². The fourth-order valence-electron chi connectivity index (χ4n) is 1.58. The molecule has 1 amide bonds. The van der Waals surface area contributed by atoms with Crippen molar-refractivity contribution in [1.29, 1.82) is 0 Å². The highest BCUT2D eigenvalue weighted by Gasteiger charge is 2.03. The van der Waals surface area contributed by atoms with Crippen molar-refractivity contribution in [2.24, 2.45) is 0 Å². The molecule has 98 valence electrons. The van der Waals surface area contributed by atoms with E-state index in [0.717, 1.165) is 10.2 Å². The Morgan fingerprint density at radius 3 is 2.47 bits per heavy atom. The maximum atomic E-state index is 11.8. The van der Waals surface area contributed by atoms with E-state index >= 15 is 0 Å². The number of hydrogen-bond donors (Lipinski definition) is 1. The summed E-state index contributed by atoms with van der Waals surface area (Å²) in [4.78, 5) is 13.0. The summed E-state index contributed by atoms with van der Waals surface area (Å²) in [6.45, 7) is 0.653. The van der Waals surface area contributed by atoms with E-state index < -0.39 is 0 Å². The molecule has 0 saturated heterocycles. The van der Waals surface area contributed by atoms with E-state index in [1.54, 1.807) is 11.8 Å². The molecule has 1 N–H and O–H groups in total. The molecule has 0 aliphatic heterocycles. The molecule has 2 aromatic rings. The lowest BCUT2D eigenvalue weighted by molar-refractivity contribution is 0.0956. The van der Waals surface area contributed by atoms with E-state index in [1.165, 1.54) is 4.90 Å².